The Morgan fingerprint density at radius 2 is 2.16 bits per heavy atom. The summed E-state index contributed by atoms with van der Waals surface area (Å²) >= 11 is 1.68. The highest BCUT2D eigenvalue weighted by molar-refractivity contribution is 7.17. The van der Waals surface area contributed by atoms with Crippen LogP contribution in [0.3, 0.4) is 0 Å². The Kier molecular flexibility index (Phi) is 2.97. The van der Waals surface area contributed by atoms with Crippen LogP contribution in [0.2, 0.25) is 0 Å². The van der Waals surface area contributed by atoms with Crippen LogP contribution in [0.15, 0.2) is 41.9 Å². The zero-order chi connectivity index (χ0) is 13.2. The number of thiophene rings is 1. The van der Waals surface area contributed by atoms with Crippen LogP contribution in [0.1, 0.15) is 5.56 Å². The fraction of sp³-hybridized carbons (Fsp3) is 0.0714. The number of nitrogens with two attached hydrogens (primary N) is 1. The summed E-state index contributed by atoms with van der Waals surface area (Å²) in [4.78, 5) is 4.33. The van der Waals surface area contributed by atoms with E-state index in [0.29, 0.717) is 12.2 Å². The van der Waals surface area contributed by atoms with E-state index in [4.69, 9.17) is 5.73 Å². The number of phenolic OH excluding ortho intramolecular Hbond substituents is 1. The average Bonchev–Trinajstić information content (AvgIpc) is 2.88. The van der Waals surface area contributed by atoms with Crippen molar-refractivity contribution in [1.82, 2.24) is 4.98 Å². The van der Waals surface area contributed by atoms with Crippen molar-refractivity contribution in [3.63, 3.8) is 0 Å². The number of hydrogen-bond donors (Lipinski definition) is 3. The molecule has 0 bridgehead atoms. The van der Waals surface area contributed by atoms with E-state index in [1.807, 2.05) is 17.5 Å². The van der Waals surface area contributed by atoms with E-state index in [1.54, 1.807) is 35.7 Å². The first-order valence-corrected chi connectivity index (χ1v) is 6.75. The summed E-state index contributed by atoms with van der Waals surface area (Å²) in [7, 11) is 0. The second kappa shape index (κ2) is 4.78. The van der Waals surface area contributed by atoms with E-state index in [-0.39, 0.29) is 5.75 Å². The summed E-state index contributed by atoms with van der Waals surface area (Å²) in [6, 6.07) is 9.06. The van der Waals surface area contributed by atoms with Crippen LogP contribution in [0, 0.1) is 0 Å². The molecular weight excluding hydrogens is 258 g/mol. The third kappa shape index (κ3) is 2.32. The molecule has 0 spiro atoms. The summed E-state index contributed by atoms with van der Waals surface area (Å²) in [5.74, 6) is 1.06. The Morgan fingerprint density at radius 1 is 1.26 bits per heavy atom. The molecule has 1 aromatic carbocycles. The normalized spacial score (nSPS) is 10.7. The van der Waals surface area contributed by atoms with Gasteiger partial charge in [0, 0.05) is 34.1 Å². The van der Waals surface area contributed by atoms with Gasteiger partial charge in [0.15, 0.2) is 0 Å². The number of hydrogen-bond acceptors (Lipinski definition) is 5. The van der Waals surface area contributed by atoms with E-state index < -0.39 is 0 Å². The first kappa shape index (κ1) is 11.8. The molecule has 0 unspecified atom stereocenters. The number of aromatic nitrogens is 1. The van der Waals surface area contributed by atoms with Gasteiger partial charge in [0.25, 0.3) is 0 Å². The molecule has 5 heteroatoms. The predicted molar refractivity (Wildman–Crippen MR) is 79.5 cm³/mol. The number of rotatable bonds is 3. The lowest BCUT2D eigenvalue weighted by molar-refractivity contribution is 0.469. The smallest absolute Gasteiger partial charge is 0.134 e. The molecule has 0 atom stereocenters. The van der Waals surface area contributed by atoms with Crippen molar-refractivity contribution in [3.8, 4) is 5.75 Å². The van der Waals surface area contributed by atoms with Gasteiger partial charge in [-0.05, 0) is 35.7 Å². The highest BCUT2D eigenvalue weighted by atomic mass is 32.1. The molecule has 0 saturated heterocycles. The van der Waals surface area contributed by atoms with Crippen LogP contribution < -0.4 is 11.1 Å². The van der Waals surface area contributed by atoms with Crippen molar-refractivity contribution in [2.45, 2.75) is 6.54 Å². The molecule has 3 aromatic rings. The minimum Gasteiger partial charge on any atom is -0.508 e. The lowest BCUT2D eigenvalue weighted by Gasteiger charge is -2.09. The topological polar surface area (TPSA) is 71.2 Å². The molecular formula is C14H13N3OS. The Morgan fingerprint density at radius 3 is 3.05 bits per heavy atom. The Labute approximate surface area is 114 Å². The number of phenols is 1. The molecule has 0 radical (unpaired) electrons. The molecule has 0 aliphatic rings. The fourth-order valence-corrected chi connectivity index (χ4v) is 2.74. The van der Waals surface area contributed by atoms with Gasteiger partial charge in [-0.25, -0.2) is 4.98 Å². The number of nitrogen functional groups attached to an aromatic ring is 1. The van der Waals surface area contributed by atoms with Crippen molar-refractivity contribution >= 4 is 32.9 Å². The van der Waals surface area contributed by atoms with Gasteiger partial charge in [-0.3, -0.25) is 0 Å². The third-order valence-corrected chi connectivity index (χ3v) is 3.81. The molecule has 0 amide bonds. The number of nitrogens with zero attached hydrogens (tertiary/aromatic N) is 1. The van der Waals surface area contributed by atoms with Crippen molar-refractivity contribution in [2.75, 3.05) is 11.1 Å². The van der Waals surface area contributed by atoms with E-state index in [9.17, 15) is 5.11 Å². The lowest BCUT2D eigenvalue weighted by atomic mass is 10.1. The number of aromatic hydroxyl groups is 1. The first-order chi connectivity index (χ1) is 9.24. The van der Waals surface area contributed by atoms with Crippen molar-refractivity contribution in [2.24, 2.45) is 0 Å². The lowest BCUT2D eigenvalue weighted by Crippen LogP contribution is -2.02. The summed E-state index contributed by atoms with van der Waals surface area (Å²) in [6.45, 7) is 0.485. The van der Waals surface area contributed by atoms with Gasteiger partial charge in [-0.2, -0.15) is 0 Å². The maximum atomic E-state index is 9.77. The van der Waals surface area contributed by atoms with Gasteiger partial charge >= 0.3 is 0 Å². The fourth-order valence-electron chi connectivity index (χ4n) is 1.96. The molecule has 0 aliphatic heterocycles. The molecule has 3 rings (SSSR count). The van der Waals surface area contributed by atoms with Gasteiger partial charge in [-0.15, -0.1) is 11.3 Å². The zero-order valence-corrected chi connectivity index (χ0v) is 10.9. The molecule has 0 fully saturated rings. The van der Waals surface area contributed by atoms with Gasteiger partial charge in [0.2, 0.25) is 0 Å². The van der Waals surface area contributed by atoms with Crippen LogP contribution in [-0.4, -0.2) is 10.1 Å². The molecule has 96 valence electrons. The second-order valence-electron chi connectivity index (χ2n) is 4.23. The molecule has 19 heavy (non-hydrogen) atoms. The van der Waals surface area contributed by atoms with Crippen LogP contribution >= 0.6 is 11.3 Å². The number of nitrogens with one attached hydrogen (secondary N) is 1. The largest absolute Gasteiger partial charge is 0.508 e. The molecule has 2 aromatic heterocycles. The van der Waals surface area contributed by atoms with Crippen LogP contribution in [-0.2, 0) is 6.54 Å². The van der Waals surface area contributed by atoms with E-state index in [0.717, 1.165) is 16.8 Å². The predicted octanol–water partition coefficient (Wildman–Crippen LogP) is 3.20. The maximum absolute atomic E-state index is 9.77. The number of anilines is 2. The monoisotopic (exact) mass is 271 g/mol. The number of pyridine rings is 1. The molecule has 0 aliphatic carbocycles. The van der Waals surface area contributed by atoms with Gasteiger partial charge in [-0.1, -0.05) is 0 Å². The zero-order valence-electron chi connectivity index (χ0n) is 10.1. The van der Waals surface area contributed by atoms with Crippen LogP contribution in [0.4, 0.5) is 11.5 Å². The summed E-state index contributed by atoms with van der Waals surface area (Å²) in [5.41, 5.74) is 7.11. The number of benzene rings is 1. The van der Waals surface area contributed by atoms with Gasteiger partial charge < -0.3 is 16.2 Å². The molecule has 4 N–H and O–H groups in total. The average molecular weight is 271 g/mol. The van der Waals surface area contributed by atoms with E-state index >= 15 is 0 Å². The van der Waals surface area contributed by atoms with Crippen LogP contribution in [0.5, 0.6) is 5.75 Å². The summed E-state index contributed by atoms with van der Waals surface area (Å²) < 4.78 is 1.19. The number of fused-ring (bicyclic) bond motifs is 1. The highest BCUT2D eigenvalue weighted by Crippen LogP contribution is 2.27. The third-order valence-electron chi connectivity index (χ3n) is 2.93. The standard InChI is InChI=1S/C14H13N3OS/c15-10-1-2-12(18)9(7-10)8-17-14-11-4-6-19-13(11)3-5-16-14/h1-7,18H,8,15H2,(H,16,17). The quantitative estimate of drug-likeness (QED) is 0.505. The van der Waals surface area contributed by atoms with E-state index in [1.165, 1.54) is 4.70 Å². The molecule has 2 heterocycles. The Hall–Kier alpha value is -2.27. The van der Waals surface area contributed by atoms with Crippen molar-refractivity contribution in [1.29, 1.82) is 0 Å². The first-order valence-electron chi connectivity index (χ1n) is 5.87. The Bertz CT molecular complexity index is 724. The van der Waals surface area contributed by atoms with Gasteiger partial charge in [0.05, 0.1) is 0 Å². The summed E-state index contributed by atoms with van der Waals surface area (Å²) in [5, 5.41) is 16.1. The SMILES string of the molecule is Nc1ccc(O)c(CNc2nccc3sccc23)c1. The Balaban J connectivity index is 1.86. The van der Waals surface area contributed by atoms with E-state index in [2.05, 4.69) is 10.3 Å². The highest BCUT2D eigenvalue weighted by Gasteiger charge is 2.05. The maximum Gasteiger partial charge on any atom is 0.134 e. The molecule has 0 saturated carbocycles. The second-order valence-corrected chi connectivity index (χ2v) is 5.18. The van der Waals surface area contributed by atoms with Crippen LogP contribution in [0.25, 0.3) is 10.1 Å². The van der Waals surface area contributed by atoms with Crippen molar-refractivity contribution in [3.05, 3.63) is 47.5 Å². The summed E-state index contributed by atoms with van der Waals surface area (Å²) in [6.07, 6.45) is 1.78. The minimum absolute atomic E-state index is 0.235. The van der Waals surface area contributed by atoms with Gasteiger partial charge in [0.1, 0.15) is 11.6 Å². The minimum atomic E-state index is 0.235. The molecule has 4 nitrogen and oxygen atoms in total. The van der Waals surface area contributed by atoms with Crippen molar-refractivity contribution < 1.29 is 5.11 Å².